The second-order valence-corrected chi connectivity index (χ2v) is 5.38. The minimum Gasteiger partial charge on any atom is -0.370 e. The van der Waals surface area contributed by atoms with Crippen LogP contribution in [0.3, 0.4) is 0 Å². The van der Waals surface area contributed by atoms with Crippen LogP contribution in [0.1, 0.15) is 24.1 Å². The molecule has 1 atom stereocenters. The lowest BCUT2D eigenvalue weighted by molar-refractivity contribution is 0.592. The van der Waals surface area contributed by atoms with Crippen molar-refractivity contribution in [3.8, 4) is 0 Å². The van der Waals surface area contributed by atoms with E-state index in [1.54, 1.807) is 13.0 Å². The molecule has 0 saturated heterocycles. The molecular weight excluding hydrogens is 275 g/mol. The largest absolute Gasteiger partial charge is 0.370 e. The van der Waals surface area contributed by atoms with Crippen molar-refractivity contribution in [3.05, 3.63) is 64.4 Å². The fourth-order valence-electron chi connectivity index (χ4n) is 2.26. The maximum atomic E-state index is 13.9. The van der Waals surface area contributed by atoms with E-state index in [-0.39, 0.29) is 11.9 Å². The number of halogens is 2. The third kappa shape index (κ3) is 3.30. The normalized spacial score (nSPS) is 12.2. The van der Waals surface area contributed by atoms with Gasteiger partial charge in [-0.3, -0.25) is 0 Å². The van der Waals surface area contributed by atoms with Crippen LogP contribution in [0.5, 0.6) is 0 Å². The van der Waals surface area contributed by atoms with E-state index in [1.807, 2.05) is 42.3 Å². The van der Waals surface area contributed by atoms with Gasteiger partial charge in [0.05, 0.1) is 0 Å². The van der Waals surface area contributed by atoms with Gasteiger partial charge in [-0.05, 0) is 36.8 Å². The van der Waals surface area contributed by atoms with Gasteiger partial charge in [0, 0.05) is 35.9 Å². The Kier molecular flexibility index (Phi) is 4.63. The fourth-order valence-corrected chi connectivity index (χ4v) is 2.38. The van der Waals surface area contributed by atoms with Gasteiger partial charge in [0.1, 0.15) is 5.82 Å². The molecule has 2 aromatic rings. The van der Waals surface area contributed by atoms with Crippen LogP contribution in [0.25, 0.3) is 0 Å². The van der Waals surface area contributed by atoms with E-state index in [4.69, 9.17) is 17.3 Å². The van der Waals surface area contributed by atoms with Crippen molar-refractivity contribution in [2.45, 2.75) is 19.5 Å². The molecule has 106 valence electrons. The van der Waals surface area contributed by atoms with Crippen LogP contribution in [-0.4, -0.2) is 7.05 Å². The lowest BCUT2D eigenvalue weighted by atomic mass is 10.0. The summed E-state index contributed by atoms with van der Waals surface area (Å²) in [7, 11) is 1.93. The number of rotatable bonds is 4. The average Bonchev–Trinajstić information content (AvgIpc) is 2.40. The zero-order valence-corrected chi connectivity index (χ0v) is 12.4. The van der Waals surface area contributed by atoms with Crippen molar-refractivity contribution in [1.82, 2.24) is 0 Å². The molecule has 0 aliphatic carbocycles. The minimum atomic E-state index is -0.348. The zero-order valence-electron chi connectivity index (χ0n) is 11.6. The summed E-state index contributed by atoms with van der Waals surface area (Å²) in [4.78, 5) is 1.99. The van der Waals surface area contributed by atoms with E-state index in [0.29, 0.717) is 17.1 Å². The Morgan fingerprint density at radius 2 is 1.85 bits per heavy atom. The summed E-state index contributed by atoms with van der Waals surface area (Å²) in [6.07, 6.45) is 0. The first-order valence-electron chi connectivity index (χ1n) is 6.48. The summed E-state index contributed by atoms with van der Waals surface area (Å²) in [6, 6.07) is 12.3. The number of nitrogens with zero attached hydrogens (tertiary/aromatic N) is 1. The quantitative estimate of drug-likeness (QED) is 0.918. The van der Waals surface area contributed by atoms with Crippen LogP contribution in [0.4, 0.5) is 10.1 Å². The van der Waals surface area contributed by atoms with Gasteiger partial charge >= 0.3 is 0 Å². The van der Waals surface area contributed by atoms with Gasteiger partial charge in [-0.1, -0.05) is 29.8 Å². The first-order valence-corrected chi connectivity index (χ1v) is 6.86. The molecule has 0 bridgehead atoms. The maximum Gasteiger partial charge on any atom is 0.130 e. The second kappa shape index (κ2) is 6.25. The van der Waals surface area contributed by atoms with E-state index < -0.39 is 0 Å². The van der Waals surface area contributed by atoms with Gasteiger partial charge in [0.15, 0.2) is 0 Å². The van der Waals surface area contributed by atoms with Gasteiger partial charge in [-0.2, -0.15) is 0 Å². The van der Waals surface area contributed by atoms with E-state index in [0.717, 1.165) is 11.3 Å². The zero-order chi connectivity index (χ0) is 14.7. The summed E-state index contributed by atoms with van der Waals surface area (Å²) in [5.41, 5.74) is 8.35. The van der Waals surface area contributed by atoms with Crippen LogP contribution in [0, 0.1) is 5.82 Å². The molecule has 0 amide bonds. The van der Waals surface area contributed by atoms with E-state index in [1.165, 1.54) is 6.07 Å². The Morgan fingerprint density at radius 3 is 2.45 bits per heavy atom. The molecule has 2 N–H and O–H groups in total. The first-order chi connectivity index (χ1) is 9.49. The fraction of sp³-hybridized carbons (Fsp3) is 0.250. The lowest BCUT2D eigenvalue weighted by Gasteiger charge is -2.24. The molecule has 0 spiro atoms. The molecule has 2 aromatic carbocycles. The minimum absolute atomic E-state index is 0.263. The van der Waals surface area contributed by atoms with Gasteiger partial charge in [0.25, 0.3) is 0 Å². The third-order valence-corrected chi connectivity index (χ3v) is 3.48. The van der Waals surface area contributed by atoms with E-state index in [2.05, 4.69) is 0 Å². The SMILES string of the molecule is CC(N)c1c(F)cccc1N(C)Cc1ccc(Cl)cc1. The number of anilines is 1. The van der Waals surface area contributed by atoms with Crippen molar-refractivity contribution < 1.29 is 4.39 Å². The molecule has 0 aliphatic rings. The van der Waals surface area contributed by atoms with Crippen LogP contribution >= 0.6 is 11.6 Å². The number of hydrogen-bond acceptors (Lipinski definition) is 2. The monoisotopic (exact) mass is 292 g/mol. The smallest absolute Gasteiger partial charge is 0.130 e. The Labute approximate surface area is 124 Å². The van der Waals surface area contributed by atoms with Crippen LogP contribution < -0.4 is 10.6 Å². The van der Waals surface area contributed by atoms with Crippen LogP contribution in [-0.2, 0) is 6.54 Å². The Bertz CT molecular complexity index is 582. The molecule has 0 aliphatic heterocycles. The molecule has 0 fully saturated rings. The Balaban J connectivity index is 2.27. The van der Waals surface area contributed by atoms with Gasteiger partial charge < -0.3 is 10.6 Å². The molecule has 0 radical (unpaired) electrons. The van der Waals surface area contributed by atoms with Crippen molar-refractivity contribution in [1.29, 1.82) is 0 Å². The summed E-state index contributed by atoms with van der Waals surface area (Å²) in [6.45, 7) is 2.46. The van der Waals surface area contributed by atoms with Gasteiger partial charge in [-0.25, -0.2) is 4.39 Å². The Hall–Kier alpha value is -1.58. The van der Waals surface area contributed by atoms with E-state index in [9.17, 15) is 4.39 Å². The highest BCUT2D eigenvalue weighted by Gasteiger charge is 2.15. The number of hydrogen-bond donors (Lipinski definition) is 1. The van der Waals surface area contributed by atoms with Crippen molar-refractivity contribution in [2.24, 2.45) is 5.73 Å². The molecular formula is C16H18ClFN2. The second-order valence-electron chi connectivity index (χ2n) is 4.94. The summed E-state index contributed by atoms with van der Waals surface area (Å²) in [5.74, 6) is -0.263. The molecule has 0 saturated carbocycles. The summed E-state index contributed by atoms with van der Waals surface area (Å²) >= 11 is 5.87. The van der Waals surface area contributed by atoms with Gasteiger partial charge in [-0.15, -0.1) is 0 Å². The summed E-state index contributed by atoms with van der Waals surface area (Å²) in [5, 5.41) is 0.707. The van der Waals surface area contributed by atoms with E-state index >= 15 is 0 Å². The molecule has 0 aromatic heterocycles. The molecule has 4 heteroatoms. The molecule has 20 heavy (non-hydrogen) atoms. The van der Waals surface area contributed by atoms with Crippen LogP contribution in [0.2, 0.25) is 5.02 Å². The molecule has 2 rings (SSSR count). The third-order valence-electron chi connectivity index (χ3n) is 3.23. The van der Waals surface area contributed by atoms with Crippen LogP contribution in [0.15, 0.2) is 42.5 Å². The highest BCUT2D eigenvalue weighted by molar-refractivity contribution is 6.30. The lowest BCUT2D eigenvalue weighted by Crippen LogP contribution is -2.21. The van der Waals surface area contributed by atoms with Gasteiger partial charge in [0.2, 0.25) is 0 Å². The van der Waals surface area contributed by atoms with Crippen molar-refractivity contribution in [2.75, 3.05) is 11.9 Å². The topological polar surface area (TPSA) is 29.3 Å². The van der Waals surface area contributed by atoms with Crippen molar-refractivity contribution in [3.63, 3.8) is 0 Å². The van der Waals surface area contributed by atoms with Crippen molar-refractivity contribution >= 4 is 17.3 Å². The Morgan fingerprint density at radius 1 is 1.20 bits per heavy atom. The highest BCUT2D eigenvalue weighted by atomic mass is 35.5. The first kappa shape index (κ1) is 14.8. The standard InChI is InChI=1S/C16H18ClFN2/c1-11(19)16-14(18)4-3-5-15(16)20(2)10-12-6-8-13(17)9-7-12/h3-9,11H,10,19H2,1-2H3. The predicted molar refractivity (Wildman–Crippen MR) is 82.6 cm³/mol. The number of benzene rings is 2. The number of nitrogens with two attached hydrogens (primary N) is 1. The maximum absolute atomic E-state index is 13.9. The average molecular weight is 293 g/mol. The predicted octanol–water partition coefficient (Wildman–Crippen LogP) is 4.14. The molecule has 0 heterocycles. The molecule has 2 nitrogen and oxygen atoms in total. The molecule has 1 unspecified atom stereocenters. The highest BCUT2D eigenvalue weighted by Crippen LogP contribution is 2.28. The summed E-state index contributed by atoms with van der Waals surface area (Å²) < 4.78 is 13.9.